The van der Waals surface area contributed by atoms with Crippen LogP contribution in [-0.2, 0) is 6.54 Å². The molecule has 1 aliphatic rings. The lowest BCUT2D eigenvalue weighted by atomic mass is 10.1. The van der Waals surface area contributed by atoms with Gasteiger partial charge in [-0.25, -0.2) is 0 Å². The molecule has 30 heavy (non-hydrogen) atoms. The number of ketones is 1. The molecule has 0 unspecified atom stereocenters. The van der Waals surface area contributed by atoms with E-state index in [4.69, 9.17) is 4.74 Å². The predicted octanol–water partition coefficient (Wildman–Crippen LogP) is 4.24. The van der Waals surface area contributed by atoms with Crippen LogP contribution in [0.3, 0.4) is 0 Å². The Kier molecular flexibility index (Phi) is 6.81. The average molecular weight is 423 g/mol. The van der Waals surface area contributed by atoms with E-state index in [1.54, 1.807) is 13.2 Å². The van der Waals surface area contributed by atoms with Crippen molar-refractivity contribution in [3.8, 4) is 11.4 Å². The summed E-state index contributed by atoms with van der Waals surface area (Å²) < 4.78 is 7.31. The molecule has 1 aromatic heterocycles. The van der Waals surface area contributed by atoms with Gasteiger partial charge in [0.05, 0.1) is 19.4 Å². The standard InChI is InChI=1S/C23H26N4O2S/c1-29-20-12-8-9-18(15-20)21(28)17-30-23-25-24-22(16-26-13-6-3-7-14-26)27(23)19-10-4-2-5-11-19/h2,4-5,8-12,15H,3,6-7,13-14,16-17H2,1H3. The summed E-state index contributed by atoms with van der Waals surface area (Å²) >= 11 is 1.42. The molecule has 0 atom stereocenters. The second-order valence-corrected chi connectivity index (χ2v) is 8.29. The van der Waals surface area contributed by atoms with Crippen LogP contribution in [0.4, 0.5) is 0 Å². The molecule has 0 amide bonds. The van der Waals surface area contributed by atoms with Crippen LogP contribution in [0.15, 0.2) is 59.8 Å². The molecule has 0 spiro atoms. The van der Waals surface area contributed by atoms with E-state index >= 15 is 0 Å². The Morgan fingerprint density at radius 2 is 1.83 bits per heavy atom. The number of Topliss-reactive ketones (excluding diaryl/α,β-unsaturated/α-hetero) is 1. The molecular formula is C23H26N4O2S. The van der Waals surface area contributed by atoms with E-state index in [1.807, 2.05) is 36.4 Å². The Bertz CT molecular complexity index is 984. The van der Waals surface area contributed by atoms with Crippen LogP contribution in [0.5, 0.6) is 5.75 Å². The number of benzene rings is 2. The number of likely N-dealkylation sites (tertiary alicyclic amines) is 1. The summed E-state index contributed by atoms with van der Waals surface area (Å²) in [4.78, 5) is 15.1. The molecule has 0 radical (unpaired) electrons. The molecule has 3 aromatic rings. The van der Waals surface area contributed by atoms with Crippen molar-refractivity contribution in [2.24, 2.45) is 0 Å². The minimum absolute atomic E-state index is 0.0408. The van der Waals surface area contributed by atoms with Crippen LogP contribution in [0, 0.1) is 0 Å². The number of piperidine rings is 1. The van der Waals surface area contributed by atoms with Crippen molar-refractivity contribution in [1.29, 1.82) is 0 Å². The SMILES string of the molecule is COc1cccc(C(=O)CSc2nnc(CN3CCCCC3)n2-c2ccccc2)c1. The van der Waals surface area contributed by atoms with Gasteiger partial charge in [-0.05, 0) is 50.2 Å². The van der Waals surface area contributed by atoms with E-state index in [9.17, 15) is 4.79 Å². The summed E-state index contributed by atoms with van der Waals surface area (Å²) in [6.45, 7) is 2.96. The number of hydrogen-bond acceptors (Lipinski definition) is 6. The number of nitrogens with zero attached hydrogens (tertiary/aromatic N) is 4. The topological polar surface area (TPSA) is 60.2 Å². The maximum absolute atomic E-state index is 12.7. The minimum atomic E-state index is 0.0408. The number of hydrogen-bond donors (Lipinski definition) is 0. The fourth-order valence-electron chi connectivity index (χ4n) is 3.66. The first-order chi connectivity index (χ1) is 14.7. The van der Waals surface area contributed by atoms with Crippen LogP contribution in [-0.4, -0.2) is 51.4 Å². The van der Waals surface area contributed by atoms with E-state index in [1.165, 1.54) is 31.0 Å². The number of thioether (sulfide) groups is 1. The smallest absolute Gasteiger partial charge is 0.196 e. The van der Waals surface area contributed by atoms with Gasteiger partial charge in [0.15, 0.2) is 16.8 Å². The minimum Gasteiger partial charge on any atom is -0.497 e. The zero-order chi connectivity index (χ0) is 20.8. The van der Waals surface area contributed by atoms with Crippen LogP contribution in [0.25, 0.3) is 5.69 Å². The highest BCUT2D eigenvalue weighted by Gasteiger charge is 2.19. The Morgan fingerprint density at radius 1 is 1.03 bits per heavy atom. The lowest BCUT2D eigenvalue weighted by Crippen LogP contribution is -2.30. The van der Waals surface area contributed by atoms with E-state index in [0.717, 1.165) is 36.3 Å². The molecule has 1 aliphatic heterocycles. The first kappa shape index (κ1) is 20.6. The molecule has 0 saturated carbocycles. The quantitative estimate of drug-likeness (QED) is 0.400. The van der Waals surface area contributed by atoms with Crippen molar-refractivity contribution in [3.05, 3.63) is 66.0 Å². The molecule has 2 aromatic carbocycles. The van der Waals surface area contributed by atoms with Crippen molar-refractivity contribution in [1.82, 2.24) is 19.7 Å². The molecule has 4 rings (SSSR count). The Morgan fingerprint density at radius 3 is 2.60 bits per heavy atom. The van der Waals surface area contributed by atoms with E-state index in [0.29, 0.717) is 17.1 Å². The second kappa shape index (κ2) is 9.91. The molecule has 0 bridgehead atoms. The van der Waals surface area contributed by atoms with Crippen molar-refractivity contribution in [2.75, 3.05) is 26.0 Å². The van der Waals surface area contributed by atoms with E-state index < -0.39 is 0 Å². The number of methoxy groups -OCH3 is 1. The number of para-hydroxylation sites is 1. The fraction of sp³-hybridized carbons (Fsp3) is 0.348. The summed E-state index contributed by atoms with van der Waals surface area (Å²) in [5.74, 6) is 1.93. The van der Waals surface area contributed by atoms with Gasteiger partial charge in [-0.2, -0.15) is 0 Å². The zero-order valence-corrected chi connectivity index (χ0v) is 18.0. The molecular weight excluding hydrogens is 396 g/mol. The summed E-state index contributed by atoms with van der Waals surface area (Å²) in [5, 5.41) is 9.65. The molecule has 2 heterocycles. The highest BCUT2D eigenvalue weighted by Crippen LogP contribution is 2.25. The Hall–Kier alpha value is -2.64. The van der Waals surface area contributed by atoms with Gasteiger partial charge in [-0.15, -0.1) is 10.2 Å². The summed E-state index contributed by atoms with van der Waals surface area (Å²) in [6, 6.07) is 17.4. The van der Waals surface area contributed by atoms with Crippen molar-refractivity contribution < 1.29 is 9.53 Å². The number of rotatable bonds is 8. The van der Waals surface area contributed by atoms with Crippen LogP contribution >= 0.6 is 11.8 Å². The second-order valence-electron chi connectivity index (χ2n) is 7.35. The molecule has 0 N–H and O–H groups in total. The first-order valence-corrected chi connectivity index (χ1v) is 11.3. The number of carbonyl (C=O) groups excluding carboxylic acids is 1. The van der Waals surface area contributed by atoms with E-state index in [-0.39, 0.29) is 5.78 Å². The van der Waals surface area contributed by atoms with Crippen LogP contribution in [0.1, 0.15) is 35.4 Å². The van der Waals surface area contributed by atoms with Crippen molar-refractivity contribution in [3.63, 3.8) is 0 Å². The molecule has 1 fully saturated rings. The van der Waals surface area contributed by atoms with Gasteiger partial charge in [-0.1, -0.05) is 48.5 Å². The number of ether oxygens (including phenoxy) is 1. The van der Waals surface area contributed by atoms with Gasteiger partial charge >= 0.3 is 0 Å². The third-order valence-electron chi connectivity index (χ3n) is 5.25. The van der Waals surface area contributed by atoms with Crippen LogP contribution in [0.2, 0.25) is 0 Å². The Labute approximate surface area is 181 Å². The van der Waals surface area contributed by atoms with Gasteiger partial charge < -0.3 is 4.74 Å². The normalized spacial score (nSPS) is 14.6. The summed E-state index contributed by atoms with van der Waals surface area (Å²) in [5.41, 5.74) is 1.66. The largest absolute Gasteiger partial charge is 0.497 e. The Balaban J connectivity index is 1.54. The van der Waals surface area contributed by atoms with Crippen molar-refractivity contribution >= 4 is 17.5 Å². The monoisotopic (exact) mass is 422 g/mol. The lowest BCUT2D eigenvalue weighted by Gasteiger charge is -2.26. The number of carbonyl (C=O) groups is 1. The zero-order valence-electron chi connectivity index (χ0n) is 17.2. The van der Waals surface area contributed by atoms with Gasteiger partial charge in [-0.3, -0.25) is 14.3 Å². The summed E-state index contributed by atoms with van der Waals surface area (Å²) in [7, 11) is 1.60. The molecule has 156 valence electrons. The molecule has 0 aliphatic carbocycles. The molecule has 7 heteroatoms. The highest BCUT2D eigenvalue weighted by molar-refractivity contribution is 7.99. The average Bonchev–Trinajstić information content (AvgIpc) is 3.21. The molecule has 6 nitrogen and oxygen atoms in total. The van der Waals surface area contributed by atoms with Gasteiger partial charge in [0.25, 0.3) is 0 Å². The third kappa shape index (κ3) is 4.91. The third-order valence-corrected chi connectivity index (χ3v) is 6.18. The maximum atomic E-state index is 12.7. The van der Waals surface area contributed by atoms with Gasteiger partial charge in [0.2, 0.25) is 0 Å². The fourth-order valence-corrected chi connectivity index (χ4v) is 4.53. The highest BCUT2D eigenvalue weighted by atomic mass is 32.2. The van der Waals surface area contributed by atoms with E-state index in [2.05, 4.69) is 31.8 Å². The van der Waals surface area contributed by atoms with Crippen LogP contribution < -0.4 is 4.74 Å². The maximum Gasteiger partial charge on any atom is 0.196 e. The predicted molar refractivity (Wildman–Crippen MR) is 119 cm³/mol. The van der Waals surface area contributed by atoms with Gasteiger partial charge in [0, 0.05) is 11.3 Å². The van der Waals surface area contributed by atoms with Crippen molar-refractivity contribution in [2.45, 2.75) is 31.0 Å². The lowest BCUT2D eigenvalue weighted by molar-refractivity contribution is 0.102. The first-order valence-electron chi connectivity index (χ1n) is 10.3. The molecule has 1 saturated heterocycles. The van der Waals surface area contributed by atoms with Gasteiger partial charge in [0.1, 0.15) is 5.75 Å². The summed E-state index contributed by atoms with van der Waals surface area (Å²) in [6.07, 6.45) is 3.77. The number of aromatic nitrogens is 3.